The summed E-state index contributed by atoms with van der Waals surface area (Å²) in [7, 11) is 0. The number of aryl methyl sites for hydroxylation is 2. The van der Waals surface area contributed by atoms with E-state index in [0.29, 0.717) is 5.88 Å². The molecule has 0 bridgehead atoms. The van der Waals surface area contributed by atoms with Gasteiger partial charge in [0.05, 0.1) is 17.9 Å². The van der Waals surface area contributed by atoms with Crippen molar-refractivity contribution in [3.63, 3.8) is 0 Å². The molecule has 92 valence electrons. The number of hydrogen-bond donors (Lipinski definition) is 0. The molecule has 1 heterocycles. The second-order valence-electron chi connectivity index (χ2n) is 3.59. The molecule has 2 nitrogen and oxygen atoms in total. The van der Waals surface area contributed by atoms with Crippen LogP contribution in [0.3, 0.4) is 0 Å². The van der Waals surface area contributed by atoms with Gasteiger partial charge in [-0.1, -0.05) is 12.1 Å². The van der Waals surface area contributed by atoms with Crippen molar-refractivity contribution in [3.8, 4) is 0 Å². The van der Waals surface area contributed by atoms with Gasteiger partial charge in [-0.25, -0.2) is 9.37 Å². The lowest BCUT2D eigenvalue weighted by atomic mass is 10.1. The molecule has 2 aromatic rings. The summed E-state index contributed by atoms with van der Waals surface area (Å²) in [6.45, 7) is 0.813. The van der Waals surface area contributed by atoms with E-state index >= 15 is 0 Å². The third-order valence-electron chi connectivity index (χ3n) is 2.49. The van der Waals surface area contributed by atoms with Gasteiger partial charge < -0.3 is 4.57 Å². The zero-order valence-corrected chi connectivity index (χ0v) is 10.7. The first-order chi connectivity index (χ1) is 7.79. The van der Waals surface area contributed by atoms with Crippen molar-refractivity contribution in [1.29, 1.82) is 0 Å². The van der Waals surface area contributed by atoms with Crippen LogP contribution < -0.4 is 0 Å². The number of halogens is 3. The number of rotatable bonds is 4. The second-order valence-corrected chi connectivity index (χ2v) is 3.86. The summed E-state index contributed by atoms with van der Waals surface area (Å²) < 4.78 is 14.7. The number of alkyl halides is 1. The first-order valence-electron chi connectivity index (χ1n) is 5.09. The highest BCUT2D eigenvalue weighted by molar-refractivity contribution is 6.16. The maximum Gasteiger partial charge on any atom is 0.123 e. The molecule has 2 rings (SSSR count). The van der Waals surface area contributed by atoms with E-state index in [1.807, 2.05) is 4.57 Å². The van der Waals surface area contributed by atoms with Gasteiger partial charge >= 0.3 is 0 Å². The van der Waals surface area contributed by atoms with Gasteiger partial charge in [0.25, 0.3) is 0 Å². The van der Waals surface area contributed by atoms with Gasteiger partial charge in [-0.05, 0) is 24.1 Å². The fraction of sp³-hybridized carbons (Fsp3) is 0.250. The Hall–Kier alpha value is -1.06. The van der Waals surface area contributed by atoms with Gasteiger partial charge in [0.2, 0.25) is 0 Å². The van der Waals surface area contributed by atoms with Crippen molar-refractivity contribution < 1.29 is 4.39 Å². The minimum atomic E-state index is -0.201. The molecule has 0 aliphatic heterocycles. The molecule has 0 spiro atoms. The van der Waals surface area contributed by atoms with Crippen LogP contribution in [0.1, 0.15) is 11.3 Å². The topological polar surface area (TPSA) is 17.8 Å². The molecular weight excluding hydrogens is 262 g/mol. The minimum Gasteiger partial charge on any atom is -0.333 e. The van der Waals surface area contributed by atoms with Gasteiger partial charge in [-0.3, -0.25) is 0 Å². The zero-order valence-electron chi connectivity index (χ0n) is 9.14. The van der Waals surface area contributed by atoms with E-state index < -0.39 is 0 Å². The maximum absolute atomic E-state index is 12.7. The lowest BCUT2D eigenvalue weighted by Crippen LogP contribution is -2.03. The summed E-state index contributed by atoms with van der Waals surface area (Å²) in [6.07, 6.45) is 4.37. The molecular formula is C12H13Cl2FN2. The lowest BCUT2D eigenvalue weighted by Gasteiger charge is -2.05. The quantitative estimate of drug-likeness (QED) is 0.782. The van der Waals surface area contributed by atoms with E-state index in [4.69, 9.17) is 11.6 Å². The van der Waals surface area contributed by atoms with E-state index in [2.05, 4.69) is 4.98 Å². The van der Waals surface area contributed by atoms with Crippen molar-refractivity contribution in [3.05, 3.63) is 53.9 Å². The number of hydrogen-bond acceptors (Lipinski definition) is 1. The van der Waals surface area contributed by atoms with Crippen LogP contribution in [0.25, 0.3) is 0 Å². The molecule has 17 heavy (non-hydrogen) atoms. The monoisotopic (exact) mass is 274 g/mol. The minimum absolute atomic E-state index is 0. The fourth-order valence-corrected chi connectivity index (χ4v) is 1.78. The van der Waals surface area contributed by atoms with E-state index in [1.54, 1.807) is 24.7 Å². The Balaban J connectivity index is 0.00000144. The third kappa shape index (κ3) is 3.72. The molecule has 5 heteroatoms. The molecule has 0 aliphatic carbocycles. The largest absolute Gasteiger partial charge is 0.333 e. The van der Waals surface area contributed by atoms with Crippen LogP contribution in [0, 0.1) is 5.82 Å². The Morgan fingerprint density at radius 1 is 1.24 bits per heavy atom. The first kappa shape index (κ1) is 14.0. The summed E-state index contributed by atoms with van der Waals surface area (Å²) in [5.41, 5.74) is 2.11. The molecule has 0 amide bonds. The highest BCUT2D eigenvalue weighted by Gasteiger charge is 2.00. The number of aromatic nitrogens is 2. The smallest absolute Gasteiger partial charge is 0.123 e. The van der Waals surface area contributed by atoms with Crippen LogP contribution in [-0.2, 0) is 18.8 Å². The fourth-order valence-electron chi connectivity index (χ4n) is 1.56. The van der Waals surface area contributed by atoms with Crippen LogP contribution in [-0.4, -0.2) is 9.55 Å². The van der Waals surface area contributed by atoms with Crippen LogP contribution in [0.4, 0.5) is 4.39 Å². The highest BCUT2D eigenvalue weighted by Crippen LogP contribution is 2.08. The van der Waals surface area contributed by atoms with Crippen LogP contribution in [0.2, 0.25) is 0 Å². The summed E-state index contributed by atoms with van der Waals surface area (Å²) >= 11 is 5.77. The van der Waals surface area contributed by atoms with Crippen LogP contribution in [0.5, 0.6) is 0 Å². The van der Waals surface area contributed by atoms with Crippen molar-refractivity contribution in [2.45, 2.75) is 18.8 Å². The van der Waals surface area contributed by atoms with E-state index in [-0.39, 0.29) is 18.2 Å². The Bertz CT molecular complexity index is 454. The van der Waals surface area contributed by atoms with Crippen molar-refractivity contribution >= 4 is 24.0 Å². The third-order valence-corrected chi connectivity index (χ3v) is 2.76. The molecule has 1 aromatic carbocycles. The van der Waals surface area contributed by atoms with Gasteiger partial charge in [0.15, 0.2) is 0 Å². The number of benzene rings is 1. The van der Waals surface area contributed by atoms with E-state index in [9.17, 15) is 4.39 Å². The van der Waals surface area contributed by atoms with Crippen molar-refractivity contribution in [1.82, 2.24) is 9.55 Å². The Morgan fingerprint density at radius 2 is 1.94 bits per heavy atom. The van der Waals surface area contributed by atoms with Gasteiger partial charge in [-0.15, -0.1) is 24.0 Å². The highest BCUT2D eigenvalue weighted by atomic mass is 35.5. The molecule has 1 aromatic heterocycles. The summed E-state index contributed by atoms with van der Waals surface area (Å²) in [5, 5.41) is 0. The molecule has 0 N–H and O–H groups in total. The second kappa shape index (κ2) is 6.62. The molecule has 0 fully saturated rings. The van der Waals surface area contributed by atoms with Gasteiger partial charge in [-0.2, -0.15) is 0 Å². The average Bonchev–Trinajstić information content (AvgIpc) is 2.76. The predicted octanol–water partition coefficient (Wildman–Crippen LogP) is 3.43. The number of nitrogens with zero attached hydrogens (tertiary/aromatic N) is 2. The molecule has 0 radical (unpaired) electrons. The molecule has 0 aliphatic rings. The van der Waals surface area contributed by atoms with E-state index in [1.165, 1.54) is 12.1 Å². The lowest BCUT2D eigenvalue weighted by molar-refractivity contribution is 0.625. The van der Waals surface area contributed by atoms with E-state index in [0.717, 1.165) is 24.2 Å². The van der Waals surface area contributed by atoms with Crippen molar-refractivity contribution in [2.24, 2.45) is 0 Å². The molecule has 0 saturated heterocycles. The van der Waals surface area contributed by atoms with Crippen molar-refractivity contribution in [2.75, 3.05) is 0 Å². The first-order valence-corrected chi connectivity index (χ1v) is 5.62. The predicted molar refractivity (Wildman–Crippen MR) is 69.1 cm³/mol. The molecule has 0 atom stereocenters. The normalized spacial score (nSPS) is 10.0. The van der Waals surface area contributed by atoms with Gasteiger partial charge in [0, 0.05) is 12.7 Å². The van der Waals surface area contributed by atoms with Crippen LogP contribution in [0.15, 0.2) is 36.8 Å². The Kier molecular flexibility index (Phi) is 5.45. The standard InChI is InChI=1S/C12H12ClFN2.ClH/c13-7-12-8-15-9-16(12)6-5-10-1-3-11(14)4-2-10;/h1-4,8-9H,5-7H2;1H. The zero-order chi connectivity index (χ0) is 11.4. The summed E-state index contributed by atoms with van der Waals surface area (Å²) in [4.78, 5) is 4.04. The number of imidazole rings is 1. The van der Waals surface area contributed by atoms with Crippen LogP contribution >= 0.6 is 24.0 Å². The van der Waals surface area contributed by atoms with Gasteiger partial charge in [0.1, 0.15) is 5.82 Å². The Labute approximate surface area is 111 Å². The Morgan fingerprint density at radius 3 is 2.59 bits per heavy atom. The summed E-state index contributed by atoms with van der Waals surface area (Å²) in [5.74, 6) is 0.261. The maximum atomic E-state index is 12.7. The average molecular weight is 275 g/mol. The summed E-state index contributed by atoms with van der Waals surface area (Å²) in [6, 6.07) is 6.55. The molecule has 0 saturated carbocycles. The SMILES string of the molecule is Cl.Fc1ccc(CCn2cncc2CCl)cc1. The molecule has 0 unspecified atom stereocenters.